The summed E-state index contributed by atoms with van der Waals surface area (Å²) >= 11 is 0. The van der Waals surface area contributed by atoms with Gasteiger partial charge in [0.1, 0.15) is 0 Å². The predicted molar refractivity (Wildman–Crippen MR) is 136 cm³/mol. The number of fused-ring (bicyclic) bond motifs is 1. The zero-order valence-corrected chi connectivity index (χ0v) is 21.5. The van der Waals surface area contributed by atoms with E-state index >= 15 is 0 Å². The van der Waals surface area contributed by atoms with E-state index in [1.165, 1.54) is 48.5 Å². The number of alkyl halides is 3. The van der Waals surface area contributed by atoms with Crippen LogP contribution >= 0.6 is 0 Å². The van der Waals surface area contributed by atoms with Crippen LogP contribution in [0.3, 0.4) is 0 Å². The van der Waals surface area contributed by atoms with Crippen LogP contribution in [0.15, 0.2) is 30.3 Å². The fourth-order valence-electron chi connectivity index (χ4n) is 5.49. The van der Waals surface area contributed by atoms with Crippen LogP contribution in [0.2, 0.25) is 0 Å². The average Bonchev–Trinajstić information content (AvgIpc) is 2.87. The summed E-state index contributed by atoms with van der Waals surface area (Å²) in [6.07, 6.45) is 2.58. The molecule has 198 valence electrons. The maximum Gasteiger partial charge on any atom is 0.416 e. The van der Waals surface area contributed by atoms with E-state index in [1.54, 1.807) is 6.07 Å². The predicted octanol–water partition coefficient (Wildman–Crippen LogP) is 6.85. The molecule has 0 aliphatic heterocycles. The molecule has 0 unspecified atom stereocenters. The summed E-state index contributed by atoms with van der Waals surface area (Å²) in [5.74, 6) is 0.662. The molecule has 2 aromatic carbocycles. The lowest BCUT2D eigenvalue weighted by atomic mass is 9.84. The Morgan fingerprint density at radius 2 is 1.86 bits per heavy atom. The molecule has 8 heteroatoms. The standard InChI is InChI=1S/C29H34F3N3O2/c1-3-34(17-20-7-6-8-20)27-12-11-23-9-4-5-10-25(23)26(27)19-35(28(36)37-2)18-22-13-21(16-33)14-24(15-22)29(30,31)32/h11-15,20H,3-10,17-19H2,1-2H3. The summed E-state index contributed by atoms with van der Waals surface area (Å²) < 4.78 is 45.5. The molecule has 2 aliphatic carbocycles. The monoisotopic (exact) mass is 513 g/mol. The van der Waals surface area contributed by atoms with Crippen LogP contribution in [0.5, 0.6) is 0 Å². The minimum atomic E-state index is -4.59. The Balaban J connectivity index is 1.72. The third kappa shape index (κ3) is 6.20. The van der Waals surface area contributed by atoms with Gasteiger partial charge in [-0.15, -0.1) is 0 Å². The minimum absolute atomic E-state index is 0.0925. The molecule has 0 N–H and O–H groups in total. The Hall–Kier alpha value is -3.21. The highest BCUT2D eigenvalue weighted by Gasteiger charge is 2.32. The van der Waals surface area contributed by atoms with E-state index in [4.69, 9.17) is 4.74 Å². The van der Waals surface area contributed by atoms with Crippen LogP contribution in [0.4, 0.5) is 23.7 Å². The van der Waals surface area contributed by atoms with Crippen molar-refractivity contribution in [2.45, 2.75) is 71.1 Å². The fourth-order valence-corrected chi connectivity index (χ4v) is 5.49. The maximum absolute atomic E-state index is 13.5. The van der Waals surface area contributed by atoms with Gasteiger partial charge >= 0.3 is 12.3 Å². The van der Waals surface area contributed by atoms with Crippen molar-refractivity contribution in [2.75, 3.05) is 25.1 Å². The van der Waals surface area contributed by atoms with E-state index < -0.39 is 17.8 Å². The van der Waals surface area contributed by atoms with Crippen molar-refractivity contribution in [2.24, 2.45) is 5.92 Å². The molecule has 0 radical (unpaired) electrons. The van der Waals surface area contributed by atoms with Crippen molar-refractivity contribution in [3.8, 4) is 6.07 Å². The van der Waals surface area contributed by atoms with Crippen molar-refractivity contribution < 1.29 is 22.7 Å². The van der Waals surface area contributed by atoms with Crippen LogP contribution in [-0.4, -0.2) is 31.2 Å². The number of aryl methyl sites for hydroxylation is 1. The summed E-state index contributed by atoms with van der Waals surface area (Å²) in [5, 5.41) is 9.30. The molecular formula is C29H34F3N3O2. The molecule has 0 spiro atoms. The van der Waals surface area contributed by atoms with Crippen molar-refractivity contribution in [3.63, 3.8) is 0 Å². The Morgan fingerprint density at radius 3 is 2.49 bits per heavy atom. The molecule has 0 aromatic heterocycles. The third-order valence-electron chi connectivity index (χ3n) is 7.66. The number of anilines is 1. The lowest BCUT2D eigenvalue weighted by Crippen LogP contribution is -2.35. The Morgan fingerprint density at radius 1 is 1.11 bits per heavy atom. The first kappa shape index (κ1) is 26.8. The third-order valence-corrected chi connectivity index (χ3v) is 7.66. The van der Waals surface area contributed by atoms with Gasteiger partial charge in [-0.3, -0.25) is 4.90 Å². The highest BCUT2D eigenvalue weighted by Crippen LogP contribution is 2.36. The zero-order valence-electron chi connectivity index (χ0n) is 21.5. The second kappa shape index (κ2) is 11.5. The number of rotatable bonds is 8. The minimum Gasteiger partial charge on any atom is -0.453 e. The van der Waals surface area contributed by atoms with Crippen molar-refractivity contribution in [3.05, 3.63) is 63.7 Å². The Kier molecular flexibility index (Phi) is 8.31. The molecule has 37 heavy (non-hydrogen) atoms. The molecule has 0 heterocycles. The van der Waals surface area contributed by atoms with Crippen LogP contribution < -0.4 is 4.90 Å². The van der Waals surface area contributed by atoms with Gasteiger partial charge in [0.2, 0.25) is 0 Å². The lowest BCUT2D eigenvalue weighted by Gasteiger charge is -2.36. The second-order valence-electron chi connectivity index (χ2n) is 10.1. The van der Waals surface area contributed by atoms with Crippen molar-refractivity contribution in [1.82, 2.24) is 4.90 Å². The molecular weight excluding hydrogens is 479 g/mol. The maximum atomic E-state index is 13.5. The first-order valence-corrected chi connectivity index (χ1v) is 13.1. The number of carbonyl (C=O) groups excluding carboxylic acids is 1. The number of nitrogens with zero attached hydrogens (tertiary/aromatic N) is 3. The summed E-state index contributed by atoms with van der Waals surface area (Å²) in [4.78, 5) is 16.7. The van der Waals surface area contributed by atoms with Crippen molar-refractivity contribution >= 4 is 11.8 Å². The van der Waals surface area contributed by atoms with E-state index in [1.807, 2.05) is 0 Å². The van der Waals surface area contributed by atoms with Gasteiger partial charge in [0.05, 0.1) is 30.9 Å². The SMILES string of the molecule is CCN(CC1CCC1)c1ccc2c(c1CN(Cc1cc(C#N)cc(C(F)(F)F)c1)C(=O)OC)CCCC2. The quantitative estimate of drug-likeness (QED) is 0.387. The van der Waals surface area contributed by atoms with E-state index in [9.17, 15) is 23.2 Å². The summed E-state index contributed by atoms with van der Waals surface area (Å²) in [5.41, 5.74) is 3.91. The van der Waals surface area contributed by atoms with Gasteiger partial charge in [0.15, 0.2) is 0 Å². The number of amides is 1. The first-order chi connectivity index (χ1) is 17.7. The lowest BCUT2D eigenvalue weighted by molar-refractivity contribution is -0.137. The normalized spacial score (nSPS) is 15.4. The molecule has 2 aromatic rings. The van der Waals surface area contributed by atoms with Crippen LogP contribution in [-0.2, 0) is 36.8 Å². The smallest absolute Gasteiger partial charge is 0.416 e. The van der Waals surface area contributed by atoms with Gasteiger partial charge < -0.3 is 9.64 Å². The van der Waals surface area contributed by atoms with E-state index in [2.05, 4.69) is 24.0 Å². The molecule has 0 atom stereocenters. The van der Waals surface area contributed by atoms with Crippen LogP contribution in [0.25, 0.3) is 0 Å². The molecule has 1 fully saturated rings. The summed E-state index contributed by atoms with van der Waals surface area (Å²) in [6.45, 7) is 4.05. The number of hydrogen-bond donors (Lipinski definition) is 0. The van der Waals surface area contributed by atoms with Gasteiger partial charge in [-0.1, -0.05) is 12.5 Å². The Labute approximate surface area is 216 Å². The number of halogens is 3. The number of methoxy groups -OCH3 is 1. The molecule has 2 aliphatic rings. The molecule has 0 saturated heterocycles. The number of carbonyl (C=O) groups is 1. The number of benzene rings is 2. The van der Waals surface area contributed by atoms with Gasteiger partial charge in [-0.05, 0) is 97.9 Å². The zero-order chi connectivity index (χ0) is 26.6. The van der Waals surface area contributed by atoms with Gasteiger partial charge in [-0.25, -0.2) is 4.79 Å². The first-order valence-electron chi connectivity index (χ1n) is 13.1. The van der Waals surface area contributed by atoms with Gasteiger partial charge in [0.25, 0.3) is 0 Å². The molecule has 1 amide bonds. The summed E-state index contributed by atoms with van der Waals surface area (Å²) in [7, 11) is 1.28. The molecule has 4 rings (SSSR count). The van der Waals surface area contributed by atoms with E-state index in [-0.39, 0.29) is 24.2 Å². The van der Waals surface area contributed by atoms with E-state index in [0.29, 0.717) is 5.92 Å². The summed E-state index contributed by atoms with van der Waals surface area (Å²) in [6, 6.07) is 9.40. The van der Waals surface area contributed by atoms with Crippen molar-refractivity contribution in [1.29, 1.82) is 5.26 Å². The fraction of sp³-hybridized carbons (Fsp3) is 0.517. The Bertz CT molecular complexity index is 1170. The number of ether oxygens (including phenoxy) is 1. The second-order valence-corrected chi connectivity index (χ2v) is 10.1. The number of nitriles is 1. The van der Waals surface area contributed by atoms with E-state index in [0.717, 1.165) is 62.2 Å². The molecule has 5 nitrogen and oxygen atoms in total. The van der Waals surface area contributed by atoms with Crippen LogP contribution in [0.1, 0.15) is 72.4 Å². The van der Waals surface area contributed by atoms with Gasteiger partial charge in [0, 0.05) is 25.3 Å². The average molecular weight is 514 g/mol. The van der Waals surface area contributed by atoms with Crippen LogP contribution in [0, 0.1) is 17.2 Å². The molecule has 1 saturated carbocycles. The highest BCUT2D eigenvalue weighted by molar-refractivity contribution is 5.69. The molecule has 0 bridgehead atoms. The van der Waals surface area contributed by atoms with Gasteiger partial charge in [-0.2, -0.15) is 18.4 Å². The largest absolute Gasteiger partial charge is 0.453 e. The topological polar surface area (TPSA) is 56.6 Å². The number of hydrogen-bond acceptors (Lipinski definition) is 4. The highest BCUT2D eigenvalue weighted by atomic mass is 19.4.